The number of aromatic nitrogens is 2. The van der Waals surface area contributed by atoms with Crippen LogP contribution in [0.2, 0.25) is 0 Å². The molecule has 4 aromatic rings. The number of hydrogen-bond donors (Lipinski definition) is 1. The van der Waals surface area contributed by atoms with Crippen LogP contribution < -0.4 is 9.46 Å². The number of sulfonamides is 1. The lowest BCUT2D eigenvalue weighted by Crippen LogP contribution is -2.26. The van der Waals surface area contributed by atoms with E-state index in [1.807, 2.05) is 43.3 Å². The molecule has 30 heavy (non-hydrogen) atoms. The van der Waals surface area contributed by atoms with E-state index in [-0.39, 0.29) is 11.4 Å². The van der Waals surface area contributed by atoms with E-state index in [0.29, 0.717) is 23.5 Å². The van der Waals surface area contributed by atoms with Gasteiger partial charge >= 0.3 is 0 Å². The zero-order valence-electron chi connectivity index (χ0n) is 16.6. The first-order valence-electron chi connectivity index (χ1n) is 9.40. The monoisotopic (exact) mass is 423 g/mol. The molecule has 0 spiro atoms. The summed E-state index contributed by atoms with van der Waals surface area (Å²) in [6.07, 6.45) is 3.60. The number of rotatable bonds is 7. The molecule has 0 aliphatic heterocycles. The summed E-state index contributed by atoms with van der Waals surface area (Å²) < 4.78 is 38.9. The molecule has 0 aliphatic carbocycles. The van der Waals surface area contributed by atoms with Crippen LogP contribution in [0.5, 0.6) is 5.75 Å². The molecule has 4 rings (SSSR count). The second-order valence-corrected chi connectivity index (χ2v) is 8.60. The summed E-state index contributed by atoms with van der Waals surface area (Å²) in [5, 5.41) is 0.790. The van der Waals surface area contributed by atoms with Crippen molar-refractivity contribution in [2.75, 3.05) is 13.7 Å². The van der Waals surface area contributed by atoms with E-state index in [9.17, 15) is 8.42 Å². The van der Waals surface area contributed by atoms with Crippen molar-refractivity contribution in [3.8, 4) is 17.2 Å². The van der Waals surface area contributed by atoms with E-state index >= 15 is 0 Å². The minimum atomic E-state index is -3.71. The molecular formula is C22H21N3O4S. The number of methoxy groups -OCH3 is 1. The van der Waals surface area contributed by atoms with Crippen LogP contribution in [0.25, 0.3) is 22.4 Å². The van der Waals surface area contributed by atoms with Gasteiger partial charge in [0.05, 0.1) is 18.3 Å². The fourth-order valence-corrected chi connectivity index (χ4v) is 4.35. The number of nitrogens with zero attached hydrogens (tertiary/aromatic N) is 2. The SMILES string of the molecule is COc1ccc(-c2nc(CCNS(=O)(=O)c3cccc4cc(C)cnc34)co2)cc1. The van der Waals surface area contributed by atoms with E-state index in [0.717, 1.165) is 22.3 Å². The summed E-state index contributed by atoms with van der Waals surface area (Å²) in [5.74, 6) is 1.22. The zero-order valence-corrected chi connectivity index (χ0v) is 17.4. The molecule has 0 fully saturated rings. The summed E-state index contributed by atoms with van der Waals surface area (Å²) in [7, 11) is -2.10. The van der Waals surface area contributed by atoms with Crippen LogP contribution in [0.15, 0.2) is 70.3 Å². The van der Waals surface area contributed by atoms with Crippen molar-refractivity contribution < 1.29 is 17.6 Å². The maximum Gasteiger partial charge on any atom is 0.242 e. The zero-order chi connectivity index (χ0) is 21.1. The number of oxazole rings is 1. The molecule has 2 heterocycles. The summed E-state index contributed by atoms with van der Waals surface area (Å²) in [6, 6.07) is 14.4. The van der Waals surface area contributed by atoms with Gasteiger partial charge in [0.25, 0.3) is 0 Å². The molecule has 0 amide bonds. The topological polar surface area (TPSA) is 94.3 Å². The van der Waals surface area contributed by atoms with E-state index in [1.54, 1.807) is 25.4 Å². The number of pyridine rings is 1. The molecule has 7 nitrogen and oxygen atoms in total. The Bertz CT molecular complexity index is 1280. The fourth-order valence-electron chi connectivity index (χ4n) is 3.14. The van der Waals surface area contributed by atoms with E-state index in [4.69, 9.17) is 9.15 Å². The number of fused-ring (bicyclic) bond motifs is 1. The number of hydrogen-bond acceptors (Lipinski definition) is 6. The van der Waals surface area contributed by atoms with E-state index in [1.165, 1.54) is 6.26 Å². The summed E-state index contributed by atoms with van der Waals surface area (Å²) in [5.41, 5.74) is 2.91. The number of aryl methyl sites for hydroxylation is 1. The first kappa shape index (κ1) is 20.1. The van der Waals surface area contributed by atoms with Gasteiger partial charge in [-0.05, 0) is 48.9 Å². The van der Waals surface area contributed by atoms with Crippen LogP contribution in [0.1, 0.15) is 11.3 Å². The Morgan fingerprint density at radius 3 is 2.70 bits per heavy atom. The van der Waals surface area contributed by atoms with Gasteiger partial charge in [0.2, 0.25) is 15.9 Å². The van der Waals surface area contributed by atoms with E-state index in [2.05, 4.69) is 14.7 Å². The van der Waals surface area contributed by atoms with Crippen LogP contribution in [0, 0.1) is 6.92 Å². The Hall–Kier alpha value is -3.23. The van der Waals surface area contributed by atoms with Crippen LogP contribution in [-0.4, -0.2) is 32.0 Å². The van der Waals surface area contributed by atoms with Crippen LogP contribution in [0.4, 0.5) is 0 Å². The van der Waals surface area contributed by atoms with Gasteiger partial charge in [0, 0.05) is 30.1 Å². The first-order valence-corrected chi connectivity index (χ1v) is 10.9. The van der Waals surface area contributed by atoms with Crippen molar-refractivity contribution in [2.45, 2.75) is 18.2 Å². The Morgan fingerprint density at radius 2 is 1.93 bits per heavy atom. The molecular weight excluding hydrogens is 402 g/mol. The molecule has 154 valence electrons. The number of benzene rings is 2. The predicted octanol–water partition coefficient (Wildman–Crippen LogP) is 3.73. The lowest BCUT2D eigenvalue weighted by molar-refractivity contribution is 0.415. The third-order valence-electron chi connectivity index (χ3n) is 4.66. The van der Waals surface area contributed by atoms with Crippen LogP contribution >= 0.6 is 0 Å². The Labute approximate surface area is 174 Å². The Kier molecular flexibility index (Phi) is 5.52. The Morgan fingerprint density at radius 1 is 1.13 bits per heavy atom. The average molecular weight is 423 g/mol. The summed E-state index contributed by atoms with van der Waals surface area (Å²) in [4.78, 5) is 8.91. The molecule has 1 N–H and O–H groups in total. The minimum Gasteiger partial charge on any atom is -0.497 e. The van der Waals surface area contributed by atoms with Gasteiger partial charge in [-0.3, -0.25) is 4.98 Å². The highest BCUT2D eigenvalue weighted by atomic mass is 32.2. The second kappa shape index (κ2) is 8.25. The molecule has 0 bridgehead atoms. The maximum atomic E-state index is 12.8. The highest BCUT2D eigenvalue weighted by Gasteiger charge is 2.18. The van der Waals surface area contributed by atoms with Crippen molar-refractivity contribution in [1.29, 1.82) is 0 Å². The molecule has 0 atom stereocenters. The average Bonchev–Trinajstić information content (AvgIpc) is 3.22. The second-order valence-electron chi connectivity index (χ2n) is 6.86. The quantitative estimate of drug-likeness (QED) is 0.487. The molecule has 0 radical (unpaired) electrons. The van der Waals surface area contributed by atoms with Crippen molar-refractivity contribution in [2.24, 2.45) is 0 Å². The van der Waals surface area contributed by atoms with Gasteiger partial charge < -0.3 is 9.15 Å². The van der Waals surface area contributed by atoms with Crippen LogP contribution in [0.3, 0.4) is 0 Å². The third-order valence-corrected chi connectivity index (χ3v) is 6.15. The molecule has 8 heteroatoms. The fraction of sp³-hybridized carbons (Fsp3) is 0.182. The number of nitrogens with one attached hydrogen (secondary N) is 1. The van der Waals surface area contributed by atoms with Gasteiger partial charge in [-0.15, -0.1) is 0 Å². The van der Waals surface area contributed by atoms with Gasteiger partial charge in [0.15, 0.2) is 0 Å². The smallest absolute Gasteiger partial charge is 0.242 e. The van der Waals surface area contributed by atoms with E-state index < -0.39 is 10.0 Å². The third kappa shape index (κ3) is 4.19. The van der Waals surface area contributed by atoms with Crippen LogP contribution in [-0.2, 0) is 16.4 Å². The Balaban J connectivity index is 1.45. The predicted molar refractivity (Wildman–Crippen MR) is 114 cm³/mol. The highest BCUT2D eigenvalue weighted by molar-refractivity contribution is 7.89. The van der Waals surface area contributed by atoms with Gasteiger partial charge in [0.1, 0.15) is 16.9 Å². The molecule has 0 saturated heterocycles. The maximum absolute atomic E-state index is 12.8. The first-order chi connectivity index (χ1) is 14.5. The van der Waals surface area contributed by atoms with Crippen molar-refractivity contribution in [1.82, 2.24) is 14.7 Å². The lowest BCUT2D eigenvalue weighted by atomic mass is 10.2. The van der Waals surface area contributed by atoms with Crippen molar-refractivity contribution >= 4 is 20.9 Å². The molecule has 2 aromatic carbocycles. The number of para-hydroxylation sites is 1. The molecule has 0 saturated carbocycles. The molecule has 0 unspecified atom stereocenters. The molecule has 2 aromatic heterocycles. The largest absolute Gasteiger partial charge is 0.497 e. The summed E-state index contributed by atoms with van der Waals surface area (Å²) >= 11 is 0. The lowest BCUT2D eigenvalue weighted by Gasteiger charge is -2.09. The normalized spacial score (nSPS) is 11.7. The number of ether oxygens (including phenoxy) is 1. The van der Waals surface area contributed by atoms with Crippen molar-refractivity contribution in [3.05, 3.63) is 72.2 Å². The summed E-state index contributed by atoms with van der Waals surface area (Å²) in [6.45, 7) is 2.11. The van der Waals surface area contributed by atoms with Gasteiger partial charge in [-0.25, -0.2) is 18.1 Å². The highest BCUT2D eigenvalue weighted by Crippen LogP contribution is 2.23. The van der Waals surface area contributed by atoms with Crippen molar-refractivity contribution in [3.63, 3.8) is 0 Å². The minimum absolute atomic E-state index is 0.166. The van der Waals surface area contributed by atoms with Gasteiger partial charge in [-0.2, -0.15) is 0 Å². The molecule has 0 aliphatic rings. The standard InChI is InChI=1S/C22H21N3O4S/c1-15-12-17-4-3-5-20(21(17)23-13-15)30(26,27)24-11-10-18-14-29-22(25-18)16-6-8-19(28-2)9-7-16/h3-9,12-14,24H,10-11H2,1-2H3. The van der Waals surface area contributed by atoms with Gasteiger partial charge in [-0.1, -0.05) is 12.1 Å².